The highest BCUT2D eigenvalue weighted by Crippen LogP contribution is 2.18. The molecule has 0 aromatic rings. The Balaban J connectivity index is 0.00000196. The molecule has 0 aliphatic carbocycles. The second-order valence-corrected chi connectivity index (χ2v) is 4.55. The third-order valence-corrected chi connectivity index (χ3v) is 3.17. The normalized spacial score (nSPS) is 19.4. The highest BCUT2D eigenvalue weighted by atomic mass is 16.5. The molecule has 0 amide bonds. The fourth-order valence-corrected chi connectivity index (χ4v) is 2.02. The van der Waals surface area contributed by atoms with E-state index < -0.39 is 0 Å². The topological polar surface area (TPSA) is 40.7 Å². The van der Waals surface area contributed by atoms with E-state index in [4.69, 9.17) is 4.74 Å². The first-order valence-corrected chi connectivity index (χ1v) is 6.55. The molecular formula is C13H28O2. The molecule has 0 radical (unpaired) electrons. The Hall–Kier alpha value is -0.0800. The Morgan fingerprint density at radius 2 is 1.47 bits per heavy atom. The van der Waals surface area contributed by atoms with Gasteiger partial charge in [0.1, 0.15) is 0 Å². The molecule has 1 aliphatic rings. The first-order chi connectivity index (χ1) is 6.93. The van der Waals surface area contributed by atoms with Crippen LogP contribution in [-0.2, 0) is 4.74 Å². The molecule has 92 valence electrons. The van der Waals surface area contributed by atoms with Crippen molar-refractivity contribution in [2.24, 2.45) is 0 Å². The molecule has 2 nitrogen and oxygen atoms in total. The van der Waals surface area contributed by atoms with Crippen molar-refractivity contribution < 1.29 is 10.2 Å². The van der Waals surface area contributed by atoms with Crippen LogP contribution in [0.15, 0.2) is 0 Å². The van der Waals surface area contributed by atoms with Crippen LogP contribution in [0, 0.1) is 0 Å². The van der Waals surface area contributed by atoms with Gasteiger partial charge in [-0.25, -0.2) is 0 Å². The fraction of sp³-hybridized carbons (Fsp3) is 1.00. The van der Waals surface area contributed by atoms with Crippen LogP contribution in [0.2, 0.25) is 0 Å². The van der Waals surface area contributed by atoms with E-state index in [0.717, 1.165) is 6.61 Å². The summed E-state index contributed by atoms with van der Waals surface area (Å²) in [4.78, 5) is 0. The predicted octanol–water partition coefficient (Wildman–Crippen LogP) is 3.48. The average molecular weight is 216 g/mol. The van der Waals surface area contributed by atoms with Crippen LogP contribution < -0.4 is 0 Å². The first-order valence-electron chi connectivity index (χ1n) is 6.55. The second kappa shape index (κ2) is 10.4. The molecule has 0 aromatic carbocycles. The van der Waals surface area contributed by atoms with Gasteiger partial charge in [0.15, 0.2) is 0 Å². The molecule has 2 N–H and O–H groups in total. The average Bonchev–Trinajstić information content (AvgIpc) is 2.13. The van der Waals surface area contributed by atoms with Crippen molar-refractivity contribution in [1.29, 1.82) is 0 Å². The third kappa shape index (κ3) is 7.80. The summed E-state index contributed by atoms with van der Waals surface area (Å²) in [5.41, 5.74) is 0. The quantitative estimate of drug-likeness (QED) is 0.544. The summed E-state index contributed by atoms with van der Waals surface area (Å²) in [6, 6.07) is 0. The van der Waals surface area contributed by atoms with E-state index in [2.05, 4.69) is 6.92 Å². The van der Waals surface area contributed by atoms with E-state index in [9.17, 15) is 0 Å². The number of hydrogen-bond donors (Lipinski definition) is 0. The molecule has 1 heterocycles. The summed E-state index contributed by atoms with van der Waals surface area (Å²) < 4.78 is 5.39. The molecular weight excluding hydrogens is 188 g/mol. The van der Waals surface area contributed by atoms with Crippen molar-refractivity contribution in [3.8, 4) is 0 Å². The zero-order chi connectivity index (χ0) is 10.1. The highest BCUT2D eigenvalue weighted by molar-refractivity contribution is 4.65. The van der Waals surface area contributed by atoms with E-state index in [1.807, 2.05) is 0 Å². The summed E-state index contributed by atoms with van der Waals surface area (Å²) in [7, 11) is 0. The van der Waals surface area contributed by atoms with Crippen molar-refractivity contribution in [3.63, 3.8) is 0 Å². The summed E-state index contributed by atoms with van der Waals surface area (Å²) in [6.07, 6.45) is 14.7. The molecule has 1 unspecified atom stereocenters. The molecule has 1 rings (SSSR count). The molecule has 1 fully saturated rings. The van der Waals surface area contributed by atoms with Crippen LogP contribution in [0.4, 0.5) is 0 Å². The Bertz CT molecular complexity index is 122. The maximum Gasteiger partial charge on any atom is 0.0597 e. The second-order valence-electron chi connectivity index (χ2n) is 4.55. The van der Waals surface area contributed by atoms with Gasteiger partial charge >= 0.3 is 0 Å². The Labute approximate surface area is 94.7 Å². The lowest BCUT2D eigenvalue weighted by atomic mass is 10.0. The first kappa shape index (κ1) is 14.9. The van der Waals surface area contributed by atoms with Gasteiger partial charge in [0, 0.05) is 6.61 Å². The predicted molar refractivity (Wildman–Crippen MR) is 65.2 cm³/mol. The van der Waals surface area contributed by atoms with E-state index >= 15 is 0 Å². The van der Waals surface area contributed by atoms with E-state index in [1.54, 1.807) is 0 Å². The van der Waals surface area contributed by atoms with Crippen LogP contribution in [0.3, 0.4) is 0 Å². The molecule has 2 heteroatoms. The van der Waals surface area contributed by atoms with Crippen molar-refractivity contribution in [2.75, 3.05) is 6.61 Å². The van der Waals surface area contributed by atoms with Crippen LogP contribution in [0.25, 0.3) is 0 Å². The van der Waals surface area contributed by atoms with E-state index in [-0.39, 0.29) is 5.48 Å². The minimum Gasteiger partial charge on any atom is -0.412 e. The number of unbranched alkanes of at least 4 members (excludes halogenated alkanes) is 7. The zero-order valence-electron chi connectivity index (χ0n) is 10.3. The van der Waals surface area contributed by atoms with Crippen molar-refractivity contribution in [2.45, 2.75) is 77.2 Å². The standard InChI is InChI=1S/C13H26O.H2O/c1-2-3-4-5-6-7-8-9-10-13-11-12-14-13;/h13H,2-12H2,1H3;1H2. The van der Waals surface area contributed by atoms with Crippen molar-refractivity contribution in [1.82, 2.24) is 0 Å². The van der Waals surface area contributed by atoms with Gasteiger partial charge in [0.05, 0.1) is 6.10 Å². The van der Waals surface area contributed by atoms with Gasteiger partial charge in [-0.3, -0.25) is 0 Å². The lowest BCUT2D eigenvalue weighted by molar-refractivity contribution is -0.0555. The lowest BCUT2D eigenvalue weighted by Crippen LogP contribution is -2.26. The largest absolute Gasteiger partial charge is 0.412 e. The number of hydrogen-bond acceptors (Lipinski definition) is 1. The van der Waals surface area contributed by atoms with Gasteiger partial charge in [-0.2, -0.15) is 0 Å². The van der Waals surface area contributed by atoms with Crippen LogP contribution in [-0.4, -0.2) is 18.2 Å². The summed E-state index contributed by atoms with van der Waals surface area (Å²) >= 11 is 0. The number of ether oxygens (including phenoxy) is 1. The zero-order valence-corrected chi connectivity index (χ0v) is 10.3. The summed E-state index contributed by atoms with van der Waals surface area (Å²) in [6.45, 7) is 3.29. The Morgan fingerprint density at radius 3 is 1.93 bits per heavy atom. The van der Waals surface area contributed by atoms with Crippen LogP contribution >= 0.6 is 0 Å². The van der Waals surface area contributed by atoms with Gasteiger partial charge in [-0.15, -0.1) is 0 Å². The van der Waals surface area contributed by atoms with E-state index in [0.29, 0.717) is 6.10 Å². The third-order valence-electron chi connectivity index (χ3n) is 3.17. The molecule has 0 bridgehead atoms. The maximum absolute atomic E-state index is 5.39. The van der Waals surface area contributed by atoms with Gasteiger partial charge in [-0.05, 0) is 12.8 Å². The van der Waals surface area contributed by atoms with Gasteiger partial charge < -0.3 is 10.2 Å². The Kier molecular flexibility index (Phi) is 10.4. The lowest BCUT2D eigenvalue weighted by Gasteiger charge is -2.26. The molecule has 0 spiro atoms. The van der Waals surface area contributed by atoms with Crippen molar-refractivity contribution >= 4 is 0 Å². The minimum atomic E-state index is 0. The Morgan fingerprint density at radius 1 is 0.933 bits per heavy atom. The molecule has 1 atom stereocenters. The maximum atomic E-state index is 5.39. The van der Waals surface area contributed by atoms with Gasteiger partial charge in [0.2, 0.25) is 0 Å². The van der Waals surface area contributed by atoms with E-state index in [1.165, 1.54) is 64.2 Å². The fourth-order valence-electron chi connectivity index (χ4n) is 2.02. The van der Waals surface area contributed by atoms with Crippen LogP contribution in [0.1, 0.15) is 71.1 Å². The molecule has 15 heavy (non-hydrogen) atoms. The van der Waals surface area contributed by atoms with Crippen molar-refractivity contribution in [3.05, 3.63) is 0 Å². The van der Waals surface area contributed by atoms with Crippen LogP contribution in [0.5, 0.6) is 0 Å². The molecule has 0 saturated carbocycles. The molecule has 1 saturated heterocycles. The van der Waals surface area contributed by atoms with Gasteiger partial charge in [0.25, 0.3) is 0 Å². The SMILES string of the molecule is CCCCCCCCCCC1CCO1.O. The monoisotopic (exact) mass is 216 g/mol. The summed E-state index contributed by atoms with van der Waals surface area (Å²) in [5, 5.41) is 0. The highest BCUT2D eigenvalue weighted by Gasteiger charge is 2.16. The number of rotatable bonds is 9. The summed E-state index contributed by atoms with van der Waals surface area (Å²) in [5.74, 6) is 0. The smallest absolute Gasteiger partial charge is 0.0597 e. The molecule has 0 aromatic heterocycles. The van der Waals surface area contributed by atoms with Gasteiger partial charge in [-0.1, -0.05) is 58.3 Å². The minimum absolute atomic E-state index is 0. The molecule has 1 aliphatic heterocycles.